The number of hydrogen-bond donors (Lipinski definition) is 2. The van der Waals surface area contributed by atoms with Crippen LogP contribution in [-0.4, -0.2) is 26.5 Å². The van der Waals surface area contributed by atoms with E-state index >= 15 is 0 Å². The molecule has 1 aliphatic rings. The summed E-state index contributed by atoms with van der Waals surface area (Å²) in [5, 5.41) is 17.1. The predicted octanol–water partition coefficient (Wildman–Crippen LogP) is 1.81. The standard InChI is InChI=1S/C14H20N4OS/c1-10-14(20-9-16-10)8-15-12-3-2-4-13-11(12)7-17-18(13)5-6-19/h7,9,12,15,19H,2-6,8H2,1H3. The van der Waals surface area contributed by atoms with Crippen LogP contribution in [0.4, 0.5) is 0 Å². The van der Waals surface area contributed by atoms with Crippen LogP contribution < -0.4 is 5.32 Å². The highest BCUT2D eigenvalue weighted by Crippen LogP contribution is 2.30. The Balaban J connectivity index is 1.72. The molecule has 0 radical (unpaired) electrons. The molecule has 0 amide bonds. The molecule has 0 saturated heterocycles. The number of hydrogen-bond acceptors (Lipinski definition) is 5. The first-order chi connectivity index (χ1) is 9.79. The van der Waals surface area contributed by atoms with Crippen LogP contribution in [0.1, 0.15) is 40.7 Å². The van der Waals surface area contributed by atoms with Crippen molar-refractivity contribution in [1.29, 1.82) is 0 Å². The molecule has 0 bridgehead atoms. The van der Waals surface area contributed by atoms with Crippen molar-refractivity contribution in [2.24, 2.45) is 0 Å². The Morgan fingerprint density at radius 2 is 2.45 bits per heavy atom. The van der Waals surface area contributed by atoms with E-state index in [1.807, 2.05) is 16.4 Å². The zero-order valence-corrected chi connectivity index (χ0v) is 12.5. The van der Waals surface area contributed by atoms with Gasteiger partial charge in [0.2, 0.25) is 0 Å². The lowest BCUT2D eigenvalue weighted by atomic mass is 9.93. The van der Waals surface area contributed by atoms with Gasteiger partial charge < -0.3 is 10.4 Å². The van der Waals surface area contributed by atoms with Crippen LogP contribution in [0.3, 0.4) is 0 Å². The maximum Gasteiger partial charge on any atom is 0.0798 e. The summed E-state index contributed by atoms with van der Waals surface area (Å²) in [6.07, 6.45) is 5.34. The van der Waals surface area contributed by atoms with Crippen LogP contribution in [-0.2, 0) is 19.5 Å². The van der Waals surface area contributed by atoms with Crippen LogP contribution in [0.25, 0.3) is 0 Å². The molecule has 1 atom stereocenters. The van der Waals surface area contributed by atoms with Gasteiger partial charge in [-0.3, -0.25) is 4.68 Å². The van der Waals surface area contributed by atoms with Gasteiger partial charge in [0.25, 0.3) is 0 Å². The summed E-state index contributed by atoms with van der Waals surface area (Å²) in [6, 6.07) is 0.368. The molecule has 5 nitrogen and oxygen atoms in total. The fraction of sp³-hybridized carbons (Fsp3) is 0.571. The van der Waals surface area contributed by atoms with E-state index in [4.69, 9.17) is 5.11 Å². The monoisotopic (exact) mass is 292 g/mol. The first kappa shape index (κ1) is 13.7. The normalized spacial score (nSPS) is 18.2. The van der Waals surface area contributed by atoms with Crippen molar-refractivity contribution < 1.29 is 5.11 Å². The summed E-state index contributed by atoms with van der Waals surface area (Å²) in [4.78, 5) is 5.59. The molecule has 2 N–H and O–H groups in total. The summed E-state index contributed by atoms with van der Waals surface area (Å²) in [5.41, 5.74) is 5.60. The third-order valence-corrected chi connectivity index (χ3v) is 4.86. The molecule has 2 aromatic rings. The van der Waals surface area contributed by atoms with E-state index < -0.39 is 0 Å². The van der Waals surface area contributed by atoms with E-state index in [9.17, 15) is 0 Å². The molecule has 0 saturated carbocycles. The average molecular weight is 292 g/mol. The van der Waals surface area contributed by atoms with Crippen LogP contribution in [0.5, 0.6) is 0 Å². The Hall–Kier alpha value is -1.24. The van der Waals surface area contributed by atoms with Gasteiger partial charge in [0.15, 0.2) is 0 Å². The van der Waals surface area contributed by atoms with Crippen molar-refractivity contribution in [3.63, 3.8) is 0 Å². The lowest BCUT2D eigenvalue weighted by molar-refractivity contribution is 0.266. The molecule has 3 rings (SSSR count). The number of aliphatic hydroxyl groups excluding tert-OH is 1. The Kier molecular flexibility index (Phi) is 4.14. The van der Waals surface area contributed by atoms with Gasteiger partial charge in [-0.1, -0.05) is 0 Å². The SMILES string of the molecule is Cc1ncsc1CNC1CCCc2c1cnn2CCO. The number of aromatic nitrogens is 3. The second-order valence-electron chi connectivity index (χ2n) is 5.18. The van der Waals surface area contributed by atoms with Crippen LogP contribution in [0.15, 0.2) is 11.7 Å². The van der Waals surface area contributed by atoms with Crippen molar-refractivity contribution in [1.82, 2.24) is 20.1 Å². The molecule has 0 aliphatic heterocycles. The van der Waals surface area contributed by atoms with Gasteiger partial charge >= 0.3 is 0 Å². The Morgan fingerprint density at radius 3 is 3.20 bits per heavy atom. The molecular formula is C14H20N4OS. The van der Waals surface area contributed by atoms with Gasteiger partial charge in [-0.25, -0.2) is 4.98 Å². The number of aliphatic hydroxyl groups is 1. The molecule has 2 aromatic heterocycles. The topological polar surface area (TPSA) is 63.0 Å². The smallest absolute Gasteiger partial charge is 0.0798 e. The minimum Gasteiger partial charge on any atom is -0.394 e. The van der Waals surface area contributed by atoms with Crippen molar-refractivity contribution in [2.75, 3.05) is 6.61 Å². The lowest BCUT2D eigenvalue weighted by Crippen LogP contribution is -2.25. The minimum atomic E-state index is 0.145. The maximum absolute atomic E-state index is 9.08. The predicted molar refractivity (Wildman–Crippen MR) is 78.7 cm³/mol. The minimum absolute atomic E-state index is 0.145. The Morgan fingerprint density at radius 1 is 1.55 bits per heavy atom. The number of rotatable bonds is 5. The molecular weight excluding hydrogens is 272 g/mol. The summed E-state index contributed by atoms with van der Waals surface area (Å²) in [5.74, 6) is 0. The number of aryl methyl sites for hydroxylation is 1. The molecule has 2 heterocycles. The van der Waals surface area contributed by atoms with E-state index in [0.717, 1.165) is 25.1 Å². The van der Waals surface area contributed by atoms with Crippen molar-refractivity contribution >= 4 is 11.3 Å². The van der Waals surface area contributed by atoms with E-state index in [0.29, 0.717) is 12.6 Å². The van der Waals surface area contributed by atoms with Crippen LogP contribution >= 0.6 is 11.3 Å². The highest BCUT2D eigenvalue weighted by atomic mass is 32.1. The first-order valence-electron chi connectivity index (χ1n) is 7.07. The molecule has 0 fully saturated rings. The van der Waals surface area contributed by atoms with E-state index in [-0.39, 0.29) is 6.61 Å². The second-order valence-corrected chi connectivity index (χ2v) is 6.12. The molecule has 1 aliphatic carbocycles. The third kappa shape index (κ3) is 2.63. The molecule has 0 aromatic carbocycles. The van der Waals surface area contributed by atoms with E-state index in [2.05, 4.69) is 22.3 Å². The van der Waals surface area contributed by atoms with Crippen LogP contribution in [0, 0.1) is 6.92 Å². The molecule has 0 spiro atoms. The number of nitrogens with zero attached hydrogens (tertiary/aromatic N) is 3. The lowest BCUT2D eigenvalue weighted by Gasteiger charge is -2.24. The first-order valence-corrected chi connectivity index (χ1v) is 7.95. The van der Waals surface area contributed by atoms with E-state index in [1.54, 1.807) is 11.3 Å². The third-order valence-electron chi connectivity index (χ3n) is 3.93. The average Bonchev–Trinajstić information content (AvgIpc) is 3.04. The van der Waals surface area contributed by atoms with Gasteiger partial charge in [0, 0.05) is 28.7 Å². The number of fused-ring (bicyclic) bond motifs is 1. The van der Waals surface area contributed by atoms with Gasteiger partial charge in [0.05, 0.1) is 30.6 Å². The van der Waals surface area contributed by atoms with Crippen molar-refractivity contribution in [3.05, 3.63) is 33.5 Å². The molecule has 20 heavy (non-hydrogen) atoms. The summed E-state index contributed by atoms with van der Waals surface area (Å²) in [7, 11) is 0. The zero-order chi connectivity index (χ0) is 13.9. The number of thiazole rings is 1. The fourth-order valence-corrected chi connectivity index (χ4v) is 3.56. The van der Waals surface area contributed by atoms with E-state index in [1.165, 1.54) is 22.6 Å². The fourth-order valence-electron chi connectivity index (χ4n) is 2.83. The molecule has 6 heteroatoms. The highest BCUT2D eigenvalue weighted by molar-refractivity contribution is 7.09. The summed E-state index contributed by atoms with van der Waals surface area (Å²) < 4.78 is 1.95. The van der Waals surface area contributed by atoms with Gasteiger partial charge in [-0.15, -0.1) is 11.3 Å². The van der Waals surface area contributed by atoms with Gasteiger partial charge in [-0.05, 0) is 26.2 Å². The molecule has 1 unspecified atom stereocenters. The molecule has 108 valence electrons. The van der Waals surface area contributed by atoms with Gasteiger partial charge in [0.1, 0.15) is 0 Å². The quantitative estimate of drug-likeness (QED) is 0.882. The number of nitrogens with one attached hydrogen (secondary N) is 1. The largest absolute Gasteiger partial charge is 0.394 e. The highest BCUT2D eigenvalue weighted by Gasteiger charge is 2.23. The summed E-state index contributed by atoms with van der Waals surface area (Å²) in [6.45, 7) is 3.66. The maximum atomic E-state index is 9.08. The van der Waals surface area contributed by atoms with Crippen molar-refractivity contribution in [2.45, 2.75) is 45.3 Å². The Bertz CT molecular complexity index is 577. The van der Waals surface area contributed by atoms with Gasteiger partial charge in [-0.2, -0.15) is 5.10 Å². The Labute approximate surface area is 122 Å². The van der Waals surface area contributed by atoms with Crippen LogP contribution in [0.2, 0.25) is 0 Å². The zero-order valence-electron chi connectivity index (χ0n) is 11.7. The second kappa shape index (κ2) is 6.03. The van der Waals surface area contributed by atoms with Crippen molar-refractivity contribution in [3.8, 4) is 0 Å². The summed E-state index contributed by atoms with van der Waals surface area (Å²) >= 11 is 1.71.